The number of esters is 1. The zero-order valence-corrected chi connectivity index (χ0v) is 15.9. The highest BCUT2D eigenvalue weighted by Gasteiger charge is 2.35. The van der Waals surface area contributed by atoms with E-state index in [0.29, 0.717) is 11.0 Å². The summed E-state index contributed by atoms with van der Waals surface area (Å²) in [6.07, 6.45) is 0. The van der Waals surface area contributed by atoms with Crippen molar-refractivity contribution in [2.45, 2.75) is 26.2 Å². The number of hydrogen-bond donors (Lipinski definition) is 0. The van der Waals surface area contributed by atoms with Gasteiger partial charge in [-0.25, -0.2) is 0 Å². The molecule has 0 aliphatic heterocycles. The van der Waals surface area contributed by atoms with Crippen LogP contribution in [0.5, 0.6) is 0 Å². The maximum absolute atomic E-state index is 12.4. The van der Waals surface area contributed by atoms with Crippen molar-refractivity contribution in [3.8, 4) is 0 Å². The SMILES string of the molecule is CCN(CC)CCOC(=O)C(C)(CI)c1ccccc1.Cl. The highest BCUT2D eigenvalue weighted by molar-refractivity contribution is 14.1. The second-order valence-corrected chi connectivity index (χ2v) is 5.76. The number of alkyl halides is 1. The van der Waals surface area contributed by atoms with Crippen LogP contribution in [-0.2, 0) is 14.9 Å². The first-order valence-electron chi connectivity index (χ1n) is 7.09. The lowest BCUT2D eigenvalue weighted by Gasteiger charge is -2.26. The molecule has 120 valence electrons. The Balaban J connectivity index is 0.00000400. The summed E-state index contributed by atoms with van der Waals surface area (Å²) in [4.78, 5) is 14.7. The first kappa shape index (κ1) is 20.7. The van der Waals surface area contributed by atoms with E-state index in [1.54, 1.807) is 0 Å². The van der Waals surface area contributed by atoms with Crippen molar-refractivity contribution in [2.24, 2.45) is 0 Å². The summed E-state index contributed by atoms with van der Waals surface area (Å²) in [5.41, 5.74) is 0.452. The summed E-state index contributed by atoms with van der Waals surface area (Å²) in [6, 6.07) is 9.86. The zero-order valence-electron chi connectivity index (χ0n) is 13.0. The van der Waals surface area contributed by atoms with Crippen LogP contribution in [0.3, 0.4) is 0 Å². The quantitative estimate of drug-likeness (QED) is 0.361. The largest absolute Gasteiger partial charge is 0.464 e. The molecule has 1 aromatic rings. The molecule has 0 spiro atoms. The molecule has 1 atom stereocenters. The normalized spacial score (nSPS) is 13.4. The molecule has 3 nitrogen and oxygen atoms in total. The number of ether oxygens (including phenoxy) is 1. The lowest BCUT2D eigenvalue weighted by molar-refractivity contribution is -0.149. The molecule has 0 radical (unpaired) electrons. The molecule has 0 fully saturated rings. The standard InChI is InChI=1S/C16H24INO2.ClH/c1-4-18(5-2)11-12-20-15(19)16(3,13-17)14-9-7-6-8-10-14;/h6-10H,4-5,11-13H2,1-3H3;1H. The Morgan fingerprint density at radius 2 is 1.81 bits per heavy atom. The van der Waals surface area contributed by atoms with Crippen LogP contribution in [0, 0.1) is 0 Å². The summed E-state index contributed by atoms with van der Waals surface area (Å²) in [5, 5.41) is 0. The summed E-state index contributed by atoms with van der Waals surface area (Å²) < 4.78 is 6.21. The van der Waals surface area contributed by atoms with E-state index in [0.717, 1.165) is 25.2 Å². The van der Waals surface area contributed by atoms with Gasteiger partial charge in [0.2, 0.25) is 0 Å². The molecule has 0 aliphatic rings. The summed E-state index contributed by atoms with van der Waals surface area (Å²) in [5.74, 6) is -0.134. The van der Waals surface area contributed by atoms with Gasteiger partial charge in [0.1, 0.15) is 6.61 Å². The van der Waals surface area contributed by atoms with E-state index in [1.165, 1.54) is 0 Å². The fraction of sp³-hybridized carbons (Fsp3) is 0.562. The molecule has 21 heavy (non-hydrogen) atoms. The highest BCUT2D eigenvalue weighted by atomic mass is 127. The maximum Gasteiger partial charge on any atom is 0.317 e. The third-order valence-electron chi connectivity index (χ3n) is 3.66. The second-order valence-electron chi connectivity index (χ2n) is 4.99. The van der Waals surface area contributed by atoms with Gasteiger partial charge in [-0.05, 0) is 25.6 Å². The molecule has 5 heteroatoms. The first-order valence-corrected chi connectivity index (χ1v) is 8.62. The average molecular weight is 426 g/mol. The topological polar surface area (TPSA) is 29.5 Å². The molecule has 0 saturated heterocycles. The van der Waals surface area contributed by atoms with E-state index in [4.69, 9.17) is 4.74 Å². The number of carbonyl (C=O) groups excluding carboxylic acids is 1. The van der Waals surface area contributed by atoms with E-state index in [2.05, 4.69) is 41.3 Å². The minimum absolute atomic E-state index is 0. The Bertz CT molecular complexity index is 412. The number of likely N-dealkylation sites (N-methyl/N-ethyl adjacent to an activating group) is 1. The molecule has 0 N–H and O–H groups in total. The number of rotatable bonds is 8. The Morgan fingerprint density at radius 1 is 1.24 bits per heavy atom. The number of nitrogens with zero attached hydrogens (tertiary/aromatic N) is 1. The van der Waals surface area contributed by atoms with Crippen LogP contribution in [0.1, 0.15) is 26.3 Å². The Labute approximate surface area is 148 Å². The van der Waals surface area contributed by atoms with Gasteiger partial charge in [0.05, 0.1) is 5.41 Å². The summed E-state index contributed by atoms with van der Waals surface area (Å²) in [7, 11) is 0. The molecule has 1 unspecified atom stereocenters. The van der Waals surface area contributed by atoms with Gasteiger partial charge < -0.3 is 9.64 Å². The van der Waals surface area contributed by atoms with Gasteiger partial charge in [0.15, 0.2) is 0 Å². The molecule has 0 bridgehead atoms. The molecular weight excluding hydrogens is 401 g/mol. The molecule has 0 aliphatic carbocycles. The fourth-order valence-electron chi connectivity index (χ4n) is 2.02. The van der Waals surface area contributed by atoms with Crippen molar-refractivity contribution >= 4 is 41.0 Å². The molecule has 0 amide bonds. The number of carbonyl (C=O) groups is 1. The van der Waals surface area contributed by atoms with E-state index >= 15 is 0 Å². The van der Waals surface area contributed by atoms with Crippen LogP contribution in [-0.4, -0.2) is 41.5 Å². The predicted octanol–water partition coefficient (Wildman–Crippen LogP) is 3.69. The van der Waals surface area contributed by atoms with Crippen molar-refractivity contribution in [3.63, 3.8) is 0 Å². The monoisotopic (exact) mass is 425 g/mol. The maximum atomic E-state index is 12.4. The van der Waals surface area contributed by atoms with Gasteiger partial charge in [-0.15, -0.1) is 12.4 Å². The van der Waals surface area contributed by atoms with Gasteiger partial charge in [-0.3, -0.25) is 4.79 Å². The van der Waals surface area contributed by atoms with Gasteiger partial charge in [-0.1, -0.05) is 66.8 Å². The molecule has 0 saturated carbocycles. The zero-order chi connectivity index (χ0) is 15.0. The van der Waals surface area contributed by atoms with Gasteiger partial charge in [-0.2, -0.15) is 0 Å². The Morgan fingerprint density at radius 3 is 2.29 bits per heavy atom. The van der Waals surface area contributed by atoms with E-state index in [9.17, 15) is 4.79 Å². The molecule has 1 rings (SSSR count). The third kappa shape index (κ3) is 5.75. The number of hydrogen-bond acceptors (Lipinski definition) is 3. The van der Waals surface area contributed by atoms with Crippen LogP contribution in [0.2, 0.25) is 0 Å². The third-order valence-corrected chi connectivity index (χ3v) is 5.19. The van der Waals surface area contributed by atoms with Crippen LogP contribution in [0.25, 0.3) is 0 Å². The lowest BCUT2D eigenvalue weighted by Crippen LogP contribution is -2.38. The molecule has 0 aromatic heterocycles. The van der Waals surface area contributed by atoms with Crippen molar-refractivity contribution in [1.29, 1.82) is 0 Å². The van der Waals surface area contributed by atoms with E-state index in [-0.39, 0.29) is 18.4 Å². The smallest absolute Gasteiger partial charge is 0.317 e. The summed E-state index contributed by atoms with van der Waals surface area (Å²) in [6.45, 7) is 9.40. The first-order chi connectivity index (χ1) is 9.58. The highest BCUT2D eigenvalue weighted by Crippen LogP contribution is 2.27. The lowest BCUT2D eigenvalue weighted by atomic mass is 9.85. The Hall–Kier alpha value is -0.330. The van der Waals surface area contributed by atoms with Crippen LogP contribution in [0.4, 0.5) is 0 Å². The molecule has 1 aromatic carbocycles. The van der Waals surface area contributed by atoms with Crippen molar-refractivity contribution in [3.05, 3.63) is 35.9 Å². The fourth-order valence-corrected chi connectivity index (χ4v) is 2.77. The van der Waals surface area contributed by atoms with Gasteiger partial charge in [0.25, 0.3) is 0 Å². The minimum atomic E-state index is -0.564. The van der Waals surface area contributed by atoms with Crippen molar-refractivity contribution in [2.75, 3.05) is 30.7 Å². The van der Waals surface area contributed by atoms with E-state index < -0.39 is 5.41 Å². The summed E-state index contributed by atoms with van der Waals surface area (Å²) >= 11 is 2.25. The van der Waals surface area contributed by atoms with Crippen LogP contribution in [0.15, 0.2) is 30.3 Å². The molecule has 0 heterocycles. The van der Waals surface area contributed by atoms with Crippen LogP contribution < -0.4 is 0 Å². The van der Waals surface area contributed by atoms with Gasteiger partial charge >= 0.3 is 5.97 Å². The number of benzene rings is 1. The Kier molecular flexibility index (Phi) is 10.2. The average Bonchev–Trinajstić information content (AvgIpc) is 2.51. The van der Waals surface area contributed by atoms with Crippen molar-refractivity contribution in [1.82, 2.24) is 4.90 Å². The molecular formula is C16H25ClINO2. The minimum Gasteiger partial charge on any atom is -0.464 e. The van der Waals surface area contributed by atoms with Crippen molar-refractivity contribution < 1.29 is 9.53 Å². The second kappa shape index (κ2) is 10.4. The number of halogens is 2. The van der Waals surface area contributed by atoms with Crippen LogP contribution >= 0.6 is 35.0 Å². The predicted molar refractivity (Wildman–Crippen MR) is 98.7 cm³/mol. The van der Waals surface area contributed by atoms with E-state index in [1.807, 2.05) is 37.3 Å². The van der Waals surface area contributed by atoms with Gasteiger partial charge in [0, 0.05) is 11.0 Å².